The van der Waals surface area contributed by atoms with E-state index in [1.807, 2.05) is 18.3 Å². The minimum Gasteiger partial charge on any atom is -0.481 e. The molecule has 1 fully saturated rings. The molecule has 0 spiro atoms. The molecule has 0 atom stereocenters. The molecule has 0 radical (unpaired) electrons. The number of aliphatic carboxylic acids is 1. The van der Waals surface area contributed by atoms with Crippen molar-refractivity contribution in [3.05, 3.63) is 24.5 Å². The molecule has 2 aromatic heterocycles. The summed E-state index contributed by atoms with van der Waals surface area (Å²) >= 11 is 0. The van der Waals surface area contributed by atoms with Gasteiger partial charge in [0.15, 0.2) is 5.65 Å². The summed E-state index contributed by atoms with van der Waals surface area (Å²) in [6.07, 6.45) is 5.93. The maximum absolute atomic E-state index is 10.7. The van der Waals surface area contributed by atoms with Crippen LogP contribution in [0.3, 0.4) is 0 Å². The lowest BCUT2D eigenvalue weighted by molar-refractivity contribution is -0.136. The summed E-state index contributed by atoms with van der Waals surface area (Å²) < 4.78 is 1.70. The highest BCUT2D eigenvalue weighted by molar-refractivity contribution is 5.67. The molecule has 1 N–H and O–H groups in total. The minimum absolute atomic E-state index is 0.141. The van der Waals surface area contributed by atoms with Crippen molar-refractivity contribution < 1.29 is 9.90 Å². The zero-order valence-corrected chi connectivity index (χ0v) is 9.86. The SMILES string of the molecule is O=C(O)CCN(c1ccn2nccc2n1)C1CC1. The molecule has 0 bridgehead atoms. The fourth-order valence-electron chi connectivity index (χ4n) is 2.05. The van der Waals surface area contributed by atoms with E-state index < -0.39 is 5.97 Å². The van der Waals surface area contributed by atoms with Crippen LogP contribution in [0, 0.1) is 0 Å². The van der Waals surface area contributed by atoms with E-state index in [0.717, 1.165) is 24.3 Å². The van der Waals surface area contributed by atoms with Crippen LogP contribution in [-0.4, -0.2) is 38.3 Å². The number of carbonyl (C=O) groups is 1. The second-order valence-corrected chi connectivity index (χ2v) is 4.49. The van der Waals surface area contributed by atoms with Crippen molar-refractivity contribution in [1.29, 1.82) is 0 Å². The Morgan fingerprint density at radius 2 is 2.33 bits per heavy atom. The van der Waals surface area contributed by atoms with Gasteiger partial charge in [-0.25, -0.2) is 9.50 Å². The molecular weight excluding hydrogens is 232 g/mol. The molecule has 6 heteroatoms. The molecule has 2 heterocycles. The summed E-state index contributed by atoms with van der Waals surface area (Å²) in [6.45, 7) is 0.511. The highest BCUT2D eigenvalue weighted by Gasteiger charge is 2.30. The number of rotatable bonds is 5. The first-order valence-electron chi connectivity index (χ1n) is 6.03. The number of anilines is 1. The van der Waals surface area contributed by atoms with Crippen molar-refractivity contribution in [2.75, 3.05) is 11.4 Å². The average Bonchev–Trinajstić information content (AvgIpc) is 3.07. The molecule has 18 heavy (non-hydrogen) atoms. The largest absolute Gasteiger partial charge is 0.481 e. The van der Waals surface area contributed by atoms with Crippen molar-refractivity contribution >= 4 is 17.4 Å². The van der Waals surface area contributed by atoms with Crippen LogP contribution in [0.5, 0.6) is 0 Å². The smallest absolute Gasteiger partial charge is 0.305 e. The van der Waals surface area contributed by atoms with Crippen LogP contribution in [0.1, 0.15) is 19.3 Å². The van der Waals surface area contributed by atoms with Crippen molar-refractivity contribution in [2.45, 2.75) is 25.3 Å². The average molecular weight is 246 g/mol. The number of carboxylic acid groups (broad SMARTS) is 1. The Kier molecular flexibility index (Phi) is 2.62. The Morgan fingerprint density at radius 3 is 3.06 bits per heavy atom. The molecule has 6 nitrogen and oxygen atoms in total. The first-order chi connectivity index (χ1) is 8.74. The number of hydrogen-bond acceptors (Lipinski definition) is 4. The summed E-state index contributed by atoms with van der Waals surface area (Å²) in [5.74, 6) is 0.0674. The summed E-state index contributed by atoms with van der Waals surface area (Å²) in [4.78, 5) is 17.3. The molecule has 1 saturated carbocycles. The van der Waals surface area contributed by atoms with E-state index in [9.17, 15) is 4.79 Å². The van der Waals surface area contributed by atoms with Crippen LogP contribution >= 0.6 is 0 Å². The van der Waals surface area contributed by atoms with E-state index >= 15 is 0 Å². The highest BCUT2D eigenvalue weighted by Crippen LogP contribution is 2.30. The third-order valence-electron chi connectivity index (χ3n) is 3.09. The van der Waals surface area contributed by atoms with E-state index in [-0.39, 0.29) is 6.42 Å². The zero-order chi connectivity index (χ0) is 12.5. The maximum atomic E-state index is 10.7. The van der Waals surface area contributed by atoms with Gasteiger partial charge in [0.05, 0.1) is 12.6 Å². The topological polar surface area (TPSA) is 70.7 Å². The van der Waals surface area contributed by atoms with E-state index in [0.29, 0.717) is 12.6 Å². The summed E-state index contributed by atoms with van der Waals surface area (Å²) in [5.41, 5.74) is 0.786. The monoisotopic (exact) mass is 246 g/mol. The van der Waals surface area contributed by atoms with Crippen LogP contribution in [0.15, 0.2) is 24.5 Å². The van der Waals surface area contributed by atoms with Crippen molar-refractivity contribution in [3.8, 4) is 0 Å². The third-order valence-corrected chi connectivity index (χ3v) is 3.09. The van der Waals surface area contributed by atoms with Crippen molar-refractivity contribution in [1.82, 2.24) is 14.6 Å². The predicted molar refractivity (Wildman–Crippen MR) is 65.6 cm³/mol. The van der Waals surface area contributed by atoms with Crippen LogP contribution in [0.25, 0.3) is 5.65 Å². The van der Waals surface area contributed by atoms with Gasteiger partial charge >= 0.3 is 5.97 Å². The Bertz CT molecular complexity index is 576. The number of hydrogen-bond donors (Lipinski definition) is 1. The van der Waals surface area contributed by atoms with Crippen LogP contribution in [0.2, 0.25) is 0 Å². The normalized spacial score (nSPS) is 14.9. The van der Waals surface area contributed by atoms with Crippen molar-refractivity contribution in [3.63, 3.8) is 0 Å². The Labute approximate surface area is 104 Å². The second-order valence-electron chi connectivity index (χ2n) is 4.49. The highest BCUT2D eigenvalue weighted by atomic mass is 16.4. The van der Waals surface area contributed by atoms with Crippen LogP contribution < -0.4 is 4.90 Å². The van der Waals surface area contributed by atoms with Gasteiger partial charge in [0.25, 0.3) is 0 Å². The molecule has 3 rings (SSSR count). The van der Waals surface area contributed by atoms with Gasteiger partial charge < -0.3 is 10.0 Å². The van der Waals surface area contributed by atoms with Gasteiger partial charge in [-0.2, -0.15) is 5.10 Å². The van der Waals surface area contributed by atoms with Gasteiger partial charge in [-0.1, -0.05) is 0 Å². The lowest BCUT2D eigenvalue weighted by Crippen LogP contribution is -2.29. The Balaban J connectivity index is 1.85. The fraction of sp³-hybridized carbons (Fsp3) is 0.417. The quantitative estimate of drug-likeness (QED) is 0.857. The van der Waals surface area contributed by atoms with E-state index in [4.69, 9.17) is 5.11 Å². The van der Waals surface area contributed by atoms with Gasteiger partial charge in [0.1, 0.15) is 5.82 Å². The molecule has 2 aromatic rings. The molecule has 0 aliphatic heterocycles. The van der Waals surface area contributed by atoms with E-state index in [1.54, 1.807) is 10.7 Å². The Hall–Kier alpha value is -2.11. The number of nitrogens with zero attached hydrogens (tertiary/aromatic N) is 4. The fourth-order valence-corrected chi connectivity index (χ4v) is 2.05. The molecule has 1 aliphatic carbocycles. The summed E-state index contributed by atoms with van der Waals surface area (Å²) in [7, 11) is 0. The van der Waals surface area contributed by atoms with Gasteiger partial charge in [-0.05, 0) is 18.9 Å². The predicted octanol–water partition coefficient (Wildman–Crippen LogP) is 1.17. The standard InChI is InChI=1S/C12H14N4O2/c17-12(18)5-7-15(9-1-2-9)10-4-8-16-11(14-10)3-6-13-16/h3-4,6,8-9H,1-2,5,7H2,(H,17,18). The van der Waals surface area contributed by atoms with Gasteiger partial charge in [0, 0.05) is 24.8 Å². The number of fused-ring (bicyclic) bond motifs is 1. The van der Waals surface area contributed by atoms with Gasteiger partial charge in [0.2, 0.25) is 0 Å². The van der Waals surface area contributed by atoms with Crippen molar-refractivity contribution in [2.24, 2.45) is 0 Å². The van der Waals surface area contributed by atoms with E-state index in [1.165, 1.54) is 0 Å². The third kappa shape index (κ3) is 2.13. The molecule has 0 aromatic carbocycles. The van der Waals surface area contributed by atoms with Crippen LogP contribution in [0.4, 0.5) is 5.82 Å². The summed E-state index contributed by atoms with van der Waals surface area (Å²) in [5, 5.41) is 12.9. The second kappa shape index (κ2) is 4.29. The lowest BCUT2D eigenvalue weighted by Gasteiger charge is -2.22. The number of aromatic nitrogens is 3. The molecule has 0 unspecified atom stereocenters. The summed E-state index contributed by atoms with van der Waals surface area (Å²) in [6, 6.07) is 4.17. The minimum atomic E-state index is -0.772. The zero-order valence-electron chi connectivity index (χ0n) is 9.86. The molecular formula is C12H14N4O2. The molecule has 0 saturated heterocycles. The number of carboxylic acids is 1. The molecule has 1 aliphatic rings. The first kappa shape index (κ1) is 11.0. The van der Waals surface area contributed by atoms with Gasteiger partial charge in [-0.3, -0.25) is 4.79 Å². The van der Waals surface area contributed by atoms with E-state index in [2.05, 4.69) is 15.0 Å². The Morgan fingerprint density at radius 1 is 1.50 bits per heavy atom. The molecule has 94 valence electrons. The lowest BCUT2D eigenvalue weighted by atomic mass is 10.3. The first-order valence-corrected chi connectivity index (χ1v) is 6.03. The van der Waals surface area contributed by atoms with Crippen LogP contribution in [-0.2, 0) is 4.79 Å². The molecule has 0 amide bonds. The van der Waals surface area contributed by atoms with Gasteiger partial charge in [-0.15, -0.1) is 0 Å². The maximum Gasteiger partial charge on any atom is 0.305 e.